The van der Waals surface area contributed by atoms with Crippen molar-refractivity contribution < 1.29 is 14.3 Å². The van der Waals surface area contributed by atoms with Crippen LogP contribution in [0.2, 0.25) is 0 Å². The highest BCUT2D eigenvalue weighted by atomic mass is 16.5. The molecule has 128 valence electrons. The highest BCUT2D eigenvalue weighted by molar-refractivity contribution is 5.92. The topological polar surface area (TPSA) is 85.7 Å². The Morgan fingerprint density at radius 2 is 2.17 bits per heavy atom. The number of hydrogen-bond donors (Lipinski definition) is 1. The van der Waals surface area contributed by atoms with E-state index in [9.17, 15) is 9.59 Å². The third kappa shape index (κ3) is 5.42. The highest BCUT2D eigenvalue weighted by Crippen LogP contribution is 2.00. The van der Waals surface area contributed by atoms with Gasteiger partial charge in [-0.15, -0.1) is 0 Å². The number of methoxy groups -OCH3 is 1. The van der Waals surface area contributed by atoms with Crippen molar-refractivity contribution >= 4 is 5.91 Å². The molecule has 1 amide bonds. The Bertz CT molecular complexity index is 569. The van der Waals surface area contributed by atoms with Gasteiger partial charge in [-0.2, -0.15) is 5.10 Å². The van der Waals surface area contributed by atoms with Crippen molar-refractivity contribution in [2.24, 2.45) is 0 Å². The Morgan fingerprint density at radius 1 is 1.43 bits per heavy atom. The summed E-state index contributed by atoms with van der Waals surface area (Å²) in [6, 6.07) is 2.79. The number of hydrogen-bond acceptors (Lipinski definition) is 6. The number of carbonyl (C=O) groups is 1. The maximum Gasteiger partial charge on any atom is 0.271 e. The maximum atomic E-state index is 12.3. The van der Waals surface area contributed by atoms with E-state index in [1.165, 1.54) is 16.8 Å². The van der Waals surface area contributed by atoms with E-state index in [1.54, 1.807) is 7.11 Å². The first-order valence-electron chi connectivity index (χ1n) is 7.78. The Hall–Kier alpha value is -1.77. The van der Waals surface area contributed by atoms with Crippen LogP contribution in [0.5, 0.6) is 0 Å². The fraction of sp³-hybridized carbons (Fsp3) is 0.667. The highest BCUT2D eigenvalue weighted by Gasteiger charge is 2.17. The third-order valence-electron chi connectivity index (χ3n) is 3.62. The zero-order chi connectivity index (χ0) is 16.7. The number of ether oxygens (including phenoxy) is 2. The van der Waals surface area contributed by atoms with E-state index < -0.39 is 0 Å². The lowest BCUT2D eigenvalue weighted by Crippen LogP contribution is -2.46. The minimum absolute atomic E-state index is 0.0123. The smallest absolute Gasteiger partial charge is 0.271 e. The van der Waals surface area contributed by atoms with Gasteiger partial charge in [-0.3, -0.25) is 14.5 Å². The summed E-state index contributed by atoms with van der Waals surface area (Å²) in [5.41, 5.74) is -0.0190. The second-order valence-corrected chi connectivity index (χ2v) is 5.56. The third-order valence-corrected chi connectivity index (χ3v) is 3.62. The average Bonchev–Trinajstić information content (AvgIpc) is 2.54. The first kappa shape index (κ1) is 17.6. The summed E-state index contributed by atoms with van der Waals surface area (Å²) >= 11 is 0. The number of amides is 1. The molecule has 1 aromatic heterocycles. The van der Waals surface area contributed by atoms with E-state index in [0.29, 0.717) is 13.2 Å². The van der Waals surface area contributed by atoms with E-state index in [0.717, 1.165) is 32.8 Å². The van der Waals surface area contributed by atoms with Crippen LogP contribution in [0.4, 0.5) is 0 Å². The van der Waals surface area contributed by atoms with Crippen LogP contribution in [0.3, 0.4) is 0 Å². The molecule has 0 saturated carbocycles. The molecule has 8 heteroatoms. The maximum absolute atomic E-state index is 12.3. The van der Waals surface area contributed by atoms with Gasteiger partial charge in [0.05, 0.1) is 26.4 Å². The standard InChI is InChI=1S/C15H24N4O4/c1-12(11-18-5-9-23-10-6-18)16-15(21)13-3-4-14(20)19(17-13)7-8-22-2/h3-4,12H,5-11H2,1-2H3,(H,16,21)/t12-/m0/s1. The minimum Gasteiger partial charge on any atom is -0.383 e. The zero-order valence-electron chi connectivity index (χ0n) is 13.7. The summed E-state index contributed by atoms with van der Waals surface area (Å²) in [6.07, 6.45) is 0. The van der Waals surface area contributed by atoms with Crippen molar-refractivity contribution in [2.75, 3.05) is 46.6 Å². The lowest BCUT2D eigenvalue weighted by molar-refractivity contribution is 0.0342. The van der Waals surface area contributed by atoms with Crippen molar-refractivity contribution in [3.8, 4) is 0 Å². The lowest BCUT2D eigenvalue weighted by atomic mass is 10.2. The molecule has 23 heavy (non-hydrogen) atoms. The molecule has 0 unspecified atom stereocenters. The number of nitrogens with one attached hydrogen (secondary N) is 1. The number of carbonyl (C=O) groups excluding carboxylic acids is 1. The molecule has 0 spiro atoms. The molecule has 0 aromatic carbocycles. The van der Waals surface area contributed by atoms with Crippen molar-refractivity contribution in [1.82, 2.24) is 20.0 Å². The number of rotatable bonds is 7. The summed E-state index contributed by atoms with van der Waals surface area (Å²) < 4.78 is 11.5. The predicted octanol–water partition coefficient (Wildman–Crippen LogP) is -0.660. The van der Waals surface area contributed by atoms with Crippen molar-refractivity contribution in [1.29, 1.82) is 0 Å². The number of aromatic nitrogens is 2. The average molecular weight is 324 g/mol. The van der Waals surface area contributed by atoms with Gasteiger partial charge in [0.25, 0.3) is 11.5 Å². The first-order chi connectivity index (χ1) is 11.1. The molecule has 1 aromatic rings. The SMILES string of the molecule is COCCn1nc(C(=O)N[C@@H](C)CN2CCOCC2)ccc1=O. The second kappa shape index (κ2) is 8.76. The summed E-state index contributed by atoms with van der Waals surface area (Å²) in [6.45, 7) is 6.61. The van der Waals surface area contributed by atoms with Crippen LogP contribution in [-0.2, 0) is 16.0 Å². The summed E-state index contributed by atoms with van der Waals surface area (Å²) in [7, 11) is 1.55. The van der Waals surface area contributed by atoms with Crippen LogP contribution in [0.15, 0.2) is 16.9 Å². The fourth-order valence-corrected chi connectivity index (χ4v) is 2.42. The monoisotopic (exact) mass is 324 g/mol. The van der Waals surface area contributed by atoms with Gasteiger partial charge in [0, 0.05) is 38.9 Å². The van der Waals surface area contributed by atoms with Crippen LogP contribution >= 0.6 is 0 Å². The van der Waals surface area contributed by atoms with Gasteiger partial charge in [-0.05, 0) is 13.0 Å². The molecule has 2 heterocycles. The molecule has 1 fully saturated rings. The number of morpholine rings is 1. The van der Waals surface area contributed by atoms with Crippen LogP contribution in [0.1, 0.15) is 17.4 Å². The summed E-state index contributed by atoms with van der Waals surface area (Å²) in [4.78, 5) is 26.2. The first-order valence-corrected chi connectivity index (χ1v) is 7.78. The molecular weight excluding hydrogens is 300 g/mol. The molecular formula is C15H24N4O4. The Kier molecular flexibility index (Phi) is 6.69. The number of nitrogens with zero attached hydrogens (tertiary/aromatic N) is 3. The Balaban J connectivity index is 1.92. The van der Waals surface area contributed by atoms with Crippen molar-refractivity contribution in [2.45, 2.75) is 19.5 Å². The van der Waals surface area contributed by atoms with Gasteiger partial charge in [-0.1, -0.05) is 0 Å². The predicted molar refractivity (Wildman–Crippen MR) is 84.6 cm³/mol. The molecule has 1 atom stereocenters. The van der Waals surface area contributed by atoms with Crippen LogP contribution in [0.25, 0.3) is 0 Å². The van der Waals surface area contributed by atoms with Crippen molar-refractivity contribution in [3.63, 3.8) is 0 Å². The van der Waals surface area contributed by atoms with Crippen LogP contribution < -0.4 is 10.9 Å². The molecule has 1 saturated heterocycles. The molecule has 0 aliphatic carbocycles. The normalized spacial score (nSPS) is 17.0. The summed E-state index contributed by atoms with van der Waals surface area (Å²) in [5, 5.41) is 7.00. The fourth-order valence-electron chi connectivity index (χ4n) is 2.42. The Labute approximate surface area is 135 Å². The van der Waals surface area contributed by atoms with Crippen LogP contribution in [-0.4, -0.2) is 73.2 Å². The van der Waals surface area contributed by atoms with E-state index in [4.69, 9.17) is 9.47 Å². The van der Waals surface area contributed by atoms with Gasteiger partial charge < -0.3 is 14.8 Å². The molecule has 1 aliphatic rings. The molecule has 1 aliphatic heterocycles. The van der Waals surface area contributed by atoms with Crippen molar-refractivity contribution in [3.05, 3.63) is 28.2 Å². The van der Waals surface area contributed by atoms with Gasteiger partial charge in [0.1, 0.15) is 5.69 Å². The molecule has 0 bridgehead atoms. The molecule has 1 N–H and O–H groups in total. The quantitative estimate of drug-likeness (QED) is 0.717. The second-order valence-electron chi connectivity index (χ2n) is 5.56. The zero-order valence-corrected chi connectivity index (χ0v) is 13.7. The van der Waals surface area contributed by atoms with Crippen LogP contribution in [0, 0.1) is 0 Å². The minimum atomic E-state index is -0.281. The molecule has 0 radical (unpaired) electrons. The largest absolute Gasteiger partial charge is 0.383 e. The Morgan fingerprint density at radius 3 is 2.87 bits per heavy atom. The van der Waals surface area contributed by atoms with E-state index in [1.807, 2.05) is 6.92 Å². The lowest BCUT2D eigenvalue weighted by Gasteiger charge is -2.29. The molecule has 8 nitrogen and oxygen atoms in total. The van der Waals surface area contributed by atoms with E-state index in [2.05, 4.69) is 15.3 Å². The molecule has 2 rings (SSSR count). The van der Waals surface area contributed by atoms with E-state index >= 15 is 0 Å². The van der Waals surface area contributed by atoms with E-state index in [-0.39, 0.29) is 23.2 Å². The summed E-state index contributed by atoms with van der Waals surface area (Å²) in [5.74, 6) is -0.281. The van der Waals surface area contributed by atoms with Gasteiger partial charge in [0.2, 0.25) is 0 Å². The van der Waals surface area contributed by atoms with Gasteiger partial charge in [-0.25, -0.2) is 4.68 Å². The van der Waals surface area contributed by atoms with Gasteiger partial charge >= 0.3 is 0 Å². The van der Waals surface area contributed by atoms with Gasteiger partial charge in [0.15, 0.2) is 0 Å².